The van der Waals surface area contributed by atoms with Crippen molar-refractivity contribution in [3.8, 4) is 17.2 Å². The predicted molar refractivity (Wildman–Crippen MR) is 129 cm³/mol. The van der Waals surface area contributed by atoms with E-state index in [1.165, 1.54) is 36.4 Å². The zero-order chi connectivity index (χ0) is 25.1. The molecule has 0 heterocycles. The van der Waals surface area contributed by atoms with Crippen molar-refractivity contribution >= 4 is 11.6 Å². The Morgan fingerprint density at radius 3 is 2.51 bits per heavy atom. The van der Waals surface area contributed by atoms with Gasteiger partial charge in [-0.2, -0.15) is 0 Å². The normalized spacial score (nSPS) is 13.9. The molecule has 6 nitrogen and oxygen atoms in total. The van der Waals surface area contributed by atoms with Crippen LogP contribution in [0, 0.1) is 25.5 Å². The number of benzene rings is 3. The number of aliphatic hydroxyl groups excluding tert-OH is 1. The molecule has 1 aliphatic carbocycles. The summed E-state index contributed by atoms with van der Waals surface area (Å²) in [5, 5.41) is 12.3. The predicted octanol–water partition coefficient (Wildman–Crippen LogP) is 5.20. The molecule has 1 saturated carbocycles. The largest absolute Gasteiger partial charge is 0.488 e. The van der Waals surface area contributed by atoms with E-state index in [9.17, 15) is 18.7 Å². The van der Waals surface area contributed by atoms with Crippen molar-refractivity contribution in [1.29, 1.82) is 0 Å². The topological polar surface area (TPSA) is 93.8 Å². The molecule has 3 aromatic rings. The Morgan fingerprint density at radius 1 is 1.06 bits per heavy atom. The Kier molecular flexibility index (Phi) is 7.33. The number of aliphatic hydroxyl groups is 1. The second-order valence-electron chi connectivity index (χ2n) is 8.79. The third-order valence-electron chi connectivity index (χ3n) is 5.88. The van der Waals surface area contributed by atoms with Gasteiger partial charge in [-0.05, 0) is 91.8 Å². The van der Waals surface area contributed by atoms with E-state index in [1.807, 2.05) is 13.0 Å². The van der Waals surface area contributed by atoms with Crippen LogP contribution in [0.15, 0.2) is 48.5 Å². The van der Waals surface area contributed by atoms with Gasteiger partial charge in [0.05, 0.1) is 5.56 Å². The Labute approximate surface area is 202 Å². The molecular weight excluding hydrogens is 454 g/mol. The maximum absolute atomic E-state index is 14.1. The van der Waals surface area contributed by atoms with Crippen LogP contribution in [-0.4, -0.2) is 30.3 Å². The monoisotopic (exact) mass is 482 g/mol. The Hall–Kier alpha value is -3.49. The maximum atomic E-state index is 14.1. The van der Waals surface area contributed by atoms with E-state index < -0.39 is 17.8 Å². The molecule has 1 aliphatic rings. The van der Waals surface area contributed by atoms with Gasteiger partial charge in [-0.3, -0.25) is 4.79 Å². The lowest BCUT2D eigenvalue weighted by Gasteiger charge is -2.17. The molecule has 1 atom stereocenters. The van der Waals surface area contributed by atoms with Gasteiger partial charge in [0.15, 0.2) is 11.6 Å². The first-order chi connectivity index (χ1) is 16.7. The molecule has 4 N–H and O–H groups in total. The second kappa shape index (κ2) is 10.4. The highest BCUT2D eigenvalue weighted by Gasteiger charge is 2.28. The van der Waals surface area contributed by atoms with Crippen LogP contribution in [0.5, 0.6) is 17.2 Å². The lowest BCUT2D eigenvalue weighted by Crippen LogP contribution is -2.26. The highest BCUT2D eigenvalue weighted by atomic mass is 19.1. The number of hydrogen-bond acceptors (Lipinski definition) is 5. The lowest BCUT2D eigenvalue weighted by atomic mass is 9.99. The van der Waals surface area contributed by atoms with Gasteiger partial charge < -0.3 is 25.6 Å². The van der Waals surface area contributed by atoms with Gasteiger partial charge in [0.2, 0.25) is 0 Å². The molecule has 1 unspecified atom stereocenters. The van der Waals surface area contributed by atoms with Crippen LogP contribution in [0.25, 0.3) is 0 Å². The van der Waals surface area contributed by atoms with Gasteiger partial charge in [0, 0.05) is 18.3 Å². The molecule has 0 aromatic heterocycles. The van der Waals surface area contributed by atoms with Crippen molar-refractivity contribution in [2.24, 2.45) is 5.73 Å². The van der Waals surface area contributed by atoms with E-state index in [4.69, 9.17) is 15.2 Å². The molecule has 35 heavy (non-hydrogen) atoms. The molecule has 0 bridgehead atoms. The van der Waals surface area contributed by atoms with E-state index in [-0.39, 0.29) is 24.7 Å². The van der Waals surface area contributed by atoms with Crippen LogP contribution in [0.1, 0.15) is 45.8 Å². The quantitative estimate of drug-likeness (QED) is 0.390. The van der Waals surface area contributed by atoms with Gasteiger partial charge in [0.1, 0.15) is 30.0 Å². The van der Waals surface area contributed by atoms with Gasteiger partial charge >= 0.3 is 0 Å². The van der Waals surface area contributed by atoms with Crippen molar-refractivity contribution in [2.45, 2.75) is 38.7 Å². The SMILES string of the molecule is Cc1cc(F)ccc1Oc1cc(C2CC2)c(C)cc1C(=O)Nc1ccc(F)c(OCC(O)CN)c1. The molecule has 1 fully saturated rings. The van der Waals surface area contributed by atoms with E-state index >= 15 is 0 Å². The molecule has 0 spiro atoms. The molecule has 0 radical (unpaired) electrons. The van der Waals surface area contributed by atoms with Crippen LogP contribution < -0.4 is 20.5 Å². The van der Waals surface area contributed by atoms with Crippen molar-refractivity contribution in [1.82, 2.24) is 0 Å². The Morgan fingerprint density at radius 2 is 1.83 bits per heavy atom. The van der Waals surface area contributed by atoms with Gasteiger partial charge in [-0.25, -0.2) is 8.78 Å². The number of carbonyl (C=O) groups excluding carboxylic acids is 1. The second-order valence-corrected chi connectivity index (χ2v) is 8.79. The van der Waals surface area contributed by atoms with Crippen molar-refractivity contribution in [3.63, 3.8) is 0 Å². The minimum absolute atomic E-state index is 0.0233. The zero-order valence-electron chi connectivity index (χ0n) is 19.6. The van der Waals surface area contributed by atoms with Crippen molar-refractivity contribution < 1.29 is 28.2 Å². The fraction of sp³-hybridized carbons (Fsp3) is 0.296. The first-order valence-electron chi connectivity index (χ1n) is 11.5. The van der Waals surface area contributed by atoms with Crippen LogP contribution in [0.2, 0.25) is 0 Å². The molecule has 1 amide bonds. The Bertz CT molecular complexity index is 1240. The number of ether oxygens (including phenoxy) is 2. The number of nitrogens with one attached hydrogen (secondary N) is 1. The average molecular weight is 483 g/mol. The number of anilines is 1. The van der Waals surface area contributed by atoms with Crippen LogP contribution in [0.3, 0.4) is 0 Å². The Balaban J connectivity index is 1.62. The minimum atomic E-state index is -0.935. The molecule has 8 heteroatoms. The molecule has 0 aliphatic heterocycles. The number of rotatable bonds is 9. The van der Waals surface area contributed by atoms with Crippen LogP contribution in [-0.2, 0) is 0 Å². The van der Waals surface area contributed by atoms with Gasteiger partial charge in [-0.15, -0.1) is 0 Å². The first-order valence-corrected chi connectivity index (χ1v) is 11.5. The summed E-state index contributed by atoms with van der Waals surface area (Å²) in [6.07, 6.45) is 1.23. The molecule has 184 valence electrons. The summed E-state index contributed by atoms with van der Waals surface area (Å²) in [7, 11) is 0. The van der Waals surface area contributed by atoms with Crippen LogP contribution in [0.4, 0.5) is 14.5 Å². The zero-order valence-corrected chi connectivity index (χ0v) is 19.6. The highest BCUT2D eigenvalue weighted by molar-refractivity contribution is 6.06. The average Bonchev–Trinajstić information content (AvgIpc) is 3.67. The number of amides is 1. The minimum Gasteiger partial charge on any atom is -0.488 e. The summed E-state index contributed by atoms with van der Waals surface area (Å²) < 4.78 is 39.1. The van der Waals surface area contributed by atoms with E-state index in [0.29, 0.717) is 34.2 Å². The summed E-state index contributed by atoms with van der Waals surface area (Å²) in [6, 6.07) is 11.8. The number of halogens is 2. The third kappa shape index (κ3) is 5.96. The van der Waals surface area contributed by atoms with Crippen molar-refractivity contribution in [3.05, 3.63) is 82.4 Å². The number of aryl methyl sites for hydroxylation is 2. The fourth-order valence-corrected chi connectivity index (χ4v) is 3.79. The highest BCUT2D eigenvalue weighted by Crippen LogP contribution is 2.44. The molecule has 3 aromatic carbocycles. The summed E-state index contributed by atoms with van der Waals surface area (Å²) in [5.74, 6) is -0.337. The van der Waals surface area contributed by atoms with Crippen LogP contribution >= 0.6 is 0 Å². The van der Waals surface area contributed by atoms with Crippen molar-refractivity contribution in [2.75, 3.05) is 18.5 Å². The summed E-state index contributed by atoms with van der Waals surface area (Å²) >= 11 is 0. The number of hydrogen-bond donors (Lipinski definition) is 3. The summed E-state index contributed by atoms with van der Waals surface area (Å²) in [5.41, 5.74) is 8.65. The molecular formula is C27H28F2N2O4. The fourth-order valence-electron chi connectivity index (χ4n) is 3.79. The standard InChI is InChI=1S/C27H28F2N2O4/c1-15-10-22(27(33)31-19-6-7-23(29)26(11-19)34-14-20(32)13-30)25(12-21(15)17-3-4-17)35-24-8-5-18(28)9-16(24)2/h5-12,17,20,32H,3-4,13-14,30H2,1-2H3,(H,31,33). The smallest absolute Gasteiger partial charge is 0.259 e. The summed E-state index contributed by atoms with van der Waals surface area (Å²) in [4.78, 5) is 13.3. The maximum Gasteiger partial charge on any atom is 0.259 e. The molecule has 4 rings (SSSR count). The van der Waals surface area contributed by atoms with E-state index in [2.05, 4.69) is 5.32 Å². The van der Waals surface area contributed by atoms with E-state index in [1.54, 1.807) is 13.0 Å². The van der Waals surface area contributed by atoms with E-state index in [0.717, 1.165) is 24.0 Å². The number of carbonyl (C=O) groups is 1. The first kappa shape index (κ1) is 24.6. The summed E-state index contributed by atoms with van der Waals surface area (Å²) in [6.45, 7) is 3.48. The molecule has 0 saturated heterocycles. The van der Waals surface area contributed by atoms with Gasteiger partial charge in [0.25, 0.3) is 5.91 Å². The number of nitrogens with two attached hydrogens (primary N) is 1. The lowest BCUT2D eigenvalue weighted by molar-refractivity contribution is 0.102. The van der Waals surface area contributed by atoms with Gasteiger partial charge in [-0.1, -0.05) is 0 Å². The third-order valence-corrected chi connectivity index (χ3v) is 5.88.